The summed E-state index contributed by atoms with van der Waals surface area (Å²) in [6, 6.07) is 0. The van der Waals surface area contributed by atoms with Gasteiger partial charge in [0.15, 0.2) is 0 Å². The molecular formula is C2H3CrINaO2. The van der Waals surface area contributed by atoms with Crippen LogP contribution in [0.4, 0.5) is 0 Å². The van der Waals surface area contributed by atoms with Crippen molar-refractivity contribution in [3.63, 3.8) is 0 Å². The summed E-state index contributed by atoms with van der Waals surface area (Å²) in [5, 5.41) is 8.89. The van der Waals surface area contributed by atoms with Crippen molar-refractivity contribution in [2.24, 2.45) is 0 Å². The molecule has 0 aromatic rings. The van der Waals surface area contributed by atoms with Crippen LogP contribution in [-0.4, -0.2) is 35.5 Å². The molecule has 0 aliphatic carbocycles. The Balaban J connectivity index is -0.0000000150. The van der Waals surface area contributed by atoms with Crippen LogP contribution in [0.2, 0.25) is 0 Å². The smallest absolute Gasteiger partial charge is 1.00 e. The molecule has 2 nitrogen and oxygen atoms in total. The number of carbonyl (C=O) groups excluding carboxylic acids is 1. The van der Waals surface area contributed by atoms with Crippen molar-refractivity contribution in [3.05, 3.63) is 0 Å². The molecule has 0 bridgehead atoms. The summed E-state index contributed by atoms with van der Waals surface area (Å²) in [7, 11) is 0. The third-order valence-corrected chi connectivity index (χ3v) is 0. The van der Waals surface area contributed by atoms with Crippen LogP contribution in [0.1, 0.15) is 6.92 Å². The van der Waals surface area contributed by atoms with Gasteiger partial charge in [0.25, 0.3) is 0 Å². The van der Waals surface area contributed by atoms with Gasteiger partial charge in [0.2, 0.25) is 0 Å². The molecule has 0 N–H and O–H groups in total. The van der Waals surface area contributed by atoms with E-state index in [0.717, 1.165) is 6.92 Å². The minimum Gasteiger partial charge on any atom is -1.00 e. The van der Waals surface area contributed by atoms with Gasteiger partial charge in [-0.15, -0.1) is 0 Å². The van der Waals surface area contributed by atoms with E-state index in [4.69, 9.17) is 9.90 Å². The first-order chi connectivity index (χ1) is 1.73. The third kappa shape index (κ3) is 84.7. The van der Waals surface area contributed by atoms with Gasteiger partial charge in [0, 0.05) is 35.5 Å². The van der Waals surface area contributed by atoms with Gasteiger partial charge >= 0.3 is 17.4 Å². The summed E-state index contributed by atoms with van der Waals surface area (Å²) >= 11 is 0. The molecule has 37 valence electrons. The van der Waals surface area contributed by atoms with Crippen molar-refractivity contribution in [1.29, 1.82) is 0 Å². The van der Waals surface area contributed by atoms with Crippen molar-refractivity contribution >= 4 is 35.5 Å². The summed E-state index contributed by atoms with van der Waals surface area (Å²) in [6.07, 6.45) is 0. The van der Waals surface area contributed by atoms with Crippen LogP contribution in [0.5, 0.6) is 0 Å². The van der Waals surface area contributed by atoms with Crippen LogP contribution < -0.4 is 29.1 Å². The number of rotatable bonds is 0. The zero-order chi connectivity index (χ0) is 3.58. The van der Waals surface area contributed by atoms with Crippen LogP contribution in [0.3, 0.4) is 0 Å². The molecule has 0 aromatic heterocycles. The number of carboxylic acids is 1. The van der Waals surface area contributed by atoms with Gasteiger partial charge in [0.1, 0.15) is 0 Å². The van der Waals surface area contributed by atoms with E-state index in [0.29, 0.717) is 0 Å². The first-order valence-electron chi connectivity index (χ1n) is 0.908. The van der Waals surface area contributed by atoms with E-state index in [-0.39, 0.29) is 70.9 Å². The molecule has 0 saturated heterocycles. The van der Waals surface area contributed by atoms with Gasteiger partial charge in [-0.25, -0.2) is 0 Å². The molecule has 0 amide bonds. The topological polar surface area (TPSA) is 40.1 Å². The quantitative estimate of drug-likeness (QED) is 0.325. The number of carbonyl (C=O) groups is 1. The van der Waals surface area contributed by atoms with Crippen molar-refractivity contribution < 1.29 is 51.2 Å². The van der Waals surface area contributed by atoms with Crippen molar-refractivity contribution in [2.45, 2.75) is 6.92 Å². The molecule has 0 fully saturated rings. The van der Waals surface area contributed by atoms with E-state index in [2.05, 4.69) is 0 Å². The van der Waals surface area contributed by atoms with Gasteiger partial charge in [-0.3, -0.25) is 0 Å². The first-order valence-corrected chi connectivity index (χ1v) is 0.908. The van der Waals surface area contributed by atoms with E-state index >= 15 is 0 Å². The van der Waals surface area contributed by atoms with Gasteiger partial charge in [0.05, 0.1) is 0 Å². The predicted octanol–water partition coefficient (Wildman–Crippen LogP) is -4.62. The van der Waals surface area contributed by atoms with Crippen molar-refractivity contribution in [2.75, 3.05) is 0 Å². The van der Waals surface area contributed by atoms with Gasteiger partial charge < -0.3 is 33.9 Å². The Morgan fingerprint density at radius 1 is 1.57 bits per heavy atom. The summed E-state index contributed by atoms with van der Waals surface area (Å²) in [4.78, 5) is 8.89. The molecule has 5 heteroatoms. The van der Waals surface area contributed by atoms with Crippen molar-refractivity contribution in [1.82, 2.24) is 0 Å². The maximum atomic E-state index is 8.89. The van der Waals surface area contributed by atoms with E-state index < -0.39 is 5.97 Å². The zero-order valence-electron chi connectivity index (χ0n) is 4.10. The molecule has 0 aliphatic heterocycles. The van der Waals surface area contributed by atoms with Crippen LogP contribution >= 0.6 is 0 Å². The molecule has 0 atom stereocenters. The Bertz CT molecular complexity index is 38.7. The van der Waals surface area contributed by atoms with Crippen LogP contribution in [-0.2, 0) is 22.2 Å². The number of halogens is 1. The average Bonchev–Trinajstić information content (AvgIpc) is 0.811. The Morgan fingerprint density at radius 2 is 1.57 bits per heavy atom. The van der Waals surface area contributed by atoms with Crippen molar-refractivity contribution in [3.8, 4) is 0 Å². The fourth-order valence-electron chi connectivity index (χ4n) is 0. The van der Waals surface area contributed by atoms with E-state index in [1.807, 2.05) is 0 Å². The SMILES string of the molecule is CC(=O)[O-].[Cr+2].[I-].[Na]. The van der Waals surface area contributed by atoms with Gasteiger partial charge in [-0.2, -0.15) is 0 Å². The molecule has 0 rings (SSSR count). The minimum absolute atomic E-state index is 0. The summed E-state index contributed by atoms with van der Waals surface area (Å²) < 4.78 is 0. The Kier molecular flexibility index (Phi) is 52.1. The third-order valence-electron chi connectivity index (χ3n) is 0. The van der Waals surface area contributed by atoms with Crippen LogP contribution in [0.15, 0.2) is 0 Å². The zero-order valence-corrected chi connectivity index (χ0v) is 9.54. The second kappa shape index (κ2) is 15.6. The fraction of sp³-hybridized carbons (Fsp3) is 0.500. The molecule has 0 aliphatic rings. The maximum Gasteiger partial charge on any atom is 2.00 e. The second-order valence-corrected chi connectivity index (χ2v) is 0.492. The van der Waals surface area contributed by atoms with Gasteiger partial charge in [-0.1, -0.05) is 0 Å². The summed E-state index contributed by atoms with van der Waals surface area (Å²) in [5.41, 5.74) is 0. The fourth-order valence-corrected chi connectivity index (χ4v) is 0. The largest absolute Gasteiger partial charge is 2.00 e. The molecule has 0 saturated carbocycles. The molecule has 0 spiro atoms. The van der Waals surface area contributed by atoms with Crippen LogP contribution in [0, 0.1) is 0 Å². The minimum atomic E-state index is -1.08. The molecule has 1 radical (unpaired) electrons. The monoisotopic (exact) mass is 261 g/mol. The number of hydrogen-bond donors (Lipinski definition) is 0. The second-order valence-electron chi connectivity index (χ2n) is 0.492. The normalized spacial score (nSPS) is 3.57. The maximum absolute atomic E-state index is 8.89. The number of hydrogen-bond acceptors (Lipinski definition) is 2. The average molecular weight is 261 g/mol. The standard InChI is InChI=1S/C2H4O2.Cr.HI.Na/c1-2(3)4;;;/h1H3,(H,3,4);;1H;/q;+2;;/p-2. The molecule has 0 heterocycles. The van der Waals surface area contributed by atoms with E-state index in [1.165, 1.54) is 0 Å². The Labute approximate surface area is 92.5 Å². The summed E-state index contributed by atoms with van der Waals surface area (Å²) in [6.45, 7) is 0.972. The molecule has 0 aromatic carbocycles. The van der Waals surface area contributed by atoms with E-state index in [9.17, 15) is 0 Å². The Hall–Kier alpha value is 1.73. The Morgan fingerprint density at radius 3 is 1.57 bits per heavy atom. The molecular weight excluding hydrogens is 258 g/mol. The number of carboxylic acid groups (broad SMARTS) is 1. The first kappa shape index (κ1) is 23.3. The number of aliphatic carboxylic acids is 1. The molecule has 7 heavy (non-hydrogen) atoms. The molecule has 0 unspecified atom stereocenters. The van der Waals surface area contributed by atoms with E-state index in [1.54, 1.807) is 0 Å². The summed E-state index contributed by atoms with van der Waals surface area (Å²) in [5.74, 6) is -1.08. The predicted molar refractivity (Wildman–Crippen MR) is 16.4 cm³/mol. The van der Waals surface area contributed by atoms with Gasteiger partial charge in [-0.05, 0) is 6.92 Å². The van der Waals surface area contributed by atoms with Crippen LogP contribution in [0.25, 0.3) is 0 Å².